The zero-order chi connectivity index (χ0) is 11.1. The molecule has 15 heavy (non-hydrogen) atoms. The zero-order valence-corrected chi connectivity index (χ0v) is 9.10. The fraction of sp³-hybridized carbons (Fsp3) is 0.667. The Balaban J connectivity index is 2.44. The normalized spacial score (nSPS) is 17.3. The summed E-state index contributed by atoms with van der Waals surface area (Å²) in [6, 6.07) is 2.17. The maximum absolute atomic E-state index is 11.8. The van der Waals surface area contributed by atoms with E-state index in [2.05, 4.69) is 23.2 Å². The van der Waals surface area contributed by atoms with Gasteiger partial charge in [-0.1, -0.05) is 12.8 Å². The highest BCUT2D eigenvalue weighted by Crippen LogP contribution is 2.37. The minimum absolute atomic E-state index is 0.111. The van der Waals surface area contributed by atoms with Crippen LogP contribution in [-0.2, 0) is 4.79 Å². The van der Waals surface area contributed by atoms with Gasteiger partial charge in [0.1, 0.15) is 5.41 Å². The van der Waals surface area contributed by atoms with Crippen LogP contribution in [0.5, 0.6) is 0 Å². The third-order valence-corrected chi connectivity index (χ3v) is 2.82. The Kier molecular flexibility index (Phi) is 4.18. The Morgan fingerprint density at radius 3 is 2.67 bits per heavy atom. The SMILES string of the molecule is CC#CCCNC(=O)C1(C#N)CCCC1. The second-order valence-corrected chi connectivity index (χ2v) is 3.83. The van der Waals surface area contributed by atoms with Gasteiger partial charge in [0.05, 0.1) is 6.07 Å². The van der Waals surface area contributed by atoms with Gasteiger partial charge >= 0.3 is 0 Å². The summed E-state index contributed by atoms with van der Waals surface area (Å²) in [5, 5.41) is 11.8. The zero-order valence-electron chi connectivity index (χ0n) is 9.10. The van der Waals surface area contributed by atoms with E-state index in [1.807, 2.05) is 0 Å². The molecule has 1 fully saturated rings. The van der Waals surface area contributed by atoms with Gasteiger partial charge in [0.2, 0.25) is 5.91 Å². The summed E-state index contributed by atoms with van der Waals surface area (Å²) in [5.41, 5.74) is -0.750. The molecule has 0 aromatic carbocycles. The molecular weight excluding hydrogens is 188 g/mol. The highest BCUT2D eigenvalue weighted by molar-refractivity contribution is 5.85. The molecule has 1 aliphatic carbocycles. The van der Waals surface area contributed by atoms with Crippen LogP contribution in [0.3, 0.4) is 0 Å². The van der Waals surface area contributed by atoms with Gasteiger partial charge in [-0.3, -0.25) is 4.79 Å². The van der Waals surface area contributed by atoms with Crippen molar-refractivity contribution in [2.24, 2.45) is 5.41 Å². The Morgan fingerprint density at radius 1 is 1.47 bits per heavy atom. The number of nitriles is 1. The predicted molar refractivity (Wildman–Crippen MR) is 57.6 cm³/mol. The summed E-state index contributed by atoms with van der Waals surface area (Å²) < 4.78 is 0. The molecule has 1 saturated carbocycles. The van der Waals surface area contributed by atoms with Crippen LogP contribution in [0, 0.1) is 28.6 Å². The van der Waals surface area contributed by atoms with E-state index in [4.69, 9.17) is 5.26 Å². The first-order chi connectivity index (χ1) is 7.25. The lowest BCUT2D eigenvalue weighted by atomic mass is 9.87. The number of hydrogen-bond donors (Lipinski definition) is 1. The fourth-order valence-electron chi connectivity index (χ4n) is 1.90. The first-order valence-corrected chi connectivity index (χ1v) is 5.34. The van der Waals surface area contributed by atoms with E-state index in [1.165, 1.54) is 0 Å². The Bertz CT molecular complexity index is 324. The van der Waals surface area contributed by atoms with Crippen LogP contribution in [0.2, 0.25) is 0 Å². The maximum atomic E-state index is 11.8. The molecule has 80 valence electrons. The van der Waals surface area contributed by atoms with Gasteiger partial charge in [0.15, 0.2) is 0 Å². The van der Waals surface area contributed by atoms with Crippen molar-refractivity contribution in [3.8, 4) is 17.9 Å². The summed E-state index contributed by atoms with van der Waals surface area (Å²) in [7, 11) is 0. The number of hydrogen-bond acceptors (Lipinski definition) is 2. The van der Waals surface area contributed by atoms with Crippen molar-refractivity contribution in [1.82, 2.24) is 5.32 Å². The molecule has 1 amide bonds. The van der Waals surface area contributed by atoms with Crippen molar-refractivity contribution in [2.75, 3.05) is 6.54 Å². The Labute approximate surface area is 90.9 Å². The van der Waals surface area contributed by atoms with Gasteiger partial charge in [0.25, 0.3) is 0 Å². The topological polar surface area (TPSA) is 52.9 Å². The van der Waals surface area contributed by atoms with Crippen LogP contribution in [0.4, 0.5) is 0 Å². The number of carbonyl (C=O) groups is 1. The van der Waals surface area contributed by atoms with Crippen LogP contribution >= 0.6 is 0 Å². The molecule has 0 atom stereocenters. The molecule has 1 aliphatic rings. The standard InChI is InChI=1S/C12H16N2O/c1-2-3-6-9-14-11(15)12(10-13)7-4-5-8-12/h4-9H2,1H3,(H,14,15). The van der Waals surface area contributed by atoms with Crippen molar-refractivity contribution in [2.45, 2.75) is 39.0 Å². The predicted octanol–water partition coefficient (Wildman–Crippen LogP) is 1.60. The van der Waals surface area contributed by atoms with Gasteiger partial charge < -0.3 is 5.32 Å². The second kappa shape index (κ2) is 5.41. The lowest BCUT2D eigenvalue weighted by Crippen LogP contribution is -2.38. The lowest BCUT2D eigenvalue weighted by molar-refractivity contribution is -0.127. The van der Waals surface area contributed by atoms with Gasteiger partial charge in [-0.2, -0.15) is 5.26 Å². The second-order valence-electron chi connectivity index (χ2n) is 3.83. The smallest absolute Gasteiger partial charge is 0.240 e. The van der Waals surface area contributed by atoms with Crippen LogP contribution in [0.15, 0.2) is 0 Å². The van der Waals surface area contributed by atoms with Crippen molar-refractivity contribution in [3.63, 3.8) is 0 Å². The summed E-state index contributed by atoms with van der Waals surface area (Å²) in [6.45, 7) is 2.32. The summed E-state index contributed by atoms with van der Waals surface area (Å²) in [5.74, 6) is 5.53. The van der Waals surface area contributed by atoms with E-state index in [1.54, 1.807) is 6.92 Å². The quantitative estimate of drug-likeness (QED) is 0.560. The average molecular weight is 204 g/mol. The molecule has 0 spiro atoms. The molecule has 0 unspecified atom stereocenters. The van der Waals surface area contributed by atoms with Crippen molar-refractivity contribution in [3.05, 3.63) is 0 Å². The third kappa shape index (κ3) is 2.73. The number of amides is 1. The van der Waals surface area contributed by atoms with E-state index >= 15 is 0 Å². The molecule has 3 heteroatoms. The number of nitrogens with one attached hydrogen (secondary N) is 1. The minimum Gasteiger partial charge on any atom is -0.354 e. The molecule has 0 radical (unpaired) electrons. The monoisotopic (exact) mass is 204 g/mol. The maximum Gasteiger partial charge on any atom is 0.240 e. The molecule has 1 N–H and O–H groups in total. The first-order valence-electron chi connectivity index (χ1n) is 5.34. The Morgan fingerprint density at radius 2 is 2.13 bits per heavy atom. The molecule has 0 aromatic rings. The summed E-state index contributed by atoms with van der Waals surface area (Å²) >= 11 is 0. The number of carbonyl (C=O) groups excluding carboxylic acids is 1. The molecule has 1 rings (SSSR count). The van der Waals surface area contributed by atoms with Gasteiger partial charge in [-0.15, -0.1) is 11.8 Å². The van der Waals surface area contributed by atoms with Crippen molar-refractivity contribution < 1.29 is 4.79 Å². The molecule has 0 saturated heterocycles. The molecule has 3 nitrogen and oxygen atoms in total. The van der Waals surface area contributed by atoms with E-state index in [0.29, 0.717) is 25.8 Å². The van der Waals surface area contributed by atoms with Gasteiger partial charge in [0, 0.05) is 13.0 Å². The van der Waals surface area contributed by atoms with Gasteiger partial charge in [-0.25, -0.2) is 0 Å². The summed E-state index contributed by atoms with van der Waals surface area (Å²) in [6.07, 6.45) is 4.03. The van der Waals surface area contributed by atoms with Crippen LogP contribution in [0.25, 0.3) is 0 Å². The highest BCUT2D eigenvalue weighted by atomic mass is 16.2. The minimum atomic E-state index is -0.750. The largest absolute Gasteiger partial charge is 0.354 e. The molecular formula is C12H16N2O. The summed E-state index contributed by atoms with van der Waals surface area (Å²) in [4.78, 5) is 11.8. The van der Waals surface area contributed by atoms with E-state index in [9.17, 15) is 4.79 Å². The average Bonchev–Trinajstić information content (AvgIpc) is 2.74. The van der Waals surface area contributed by atoms with Crippen molar-refractivity contribution in [1.29, 1.82) is 5.26 Å². The first kappa shape index (κ1) is 11.6. The van der Waals surface area contributed by atoms with Crippen LogP contribution in [-0.4, -0.2) is 12.5 Å². The van der Waals surface area contributed by atoms with E-state index < -0.39 is 5.41 Å². The molecule has 0 heterocycles. The van der Waals surface area contributed by atoms with E-state index in [-0.39, 0.29) is 5.91 Å². The molecule has 0 bridgehead atoms. The van der Waals surface area contributed by atoms with Crippen LogP contribution in [0.1, 0.15) is 39.0 Å². The van der Waals surface area contributed by atoms with E-state index in [0.717, 1.165) is 12.8 Å². The Hall–Kier alpha value is -1.48. The number of nitrogens with zero attached hydrogens (tertiary/aromatic N) is 1. The van der Waals surface area contributed by atoms with Crippen LogP contribution < -0.4 is 5.32 Å². The van der Waals surface area contributed by atoms with Gasteiger partial charge in [-0.05, 0) is 19.8 Å². The van der Waals surface area contributed by atoms with Crippen molar-refractivity contribution >= 4 is 5.91 Å². The number of rotatable bonds is 3. The highest BCUT2D eigenvalue weighted by Gasteiger charge is 2.41. The third-order valence-electron chi connectivity index (χ3n) is 2.82. The molecule has 0 aliphatic heterocycles. The molecule has 0 aromatic heterocycles. The fourth-order valence-corrected chi connectivity index (χ4v) is 1.90. The lowest BCUT2D eigenvalue weighted by Gasteiger charge is -2.18.